The average molecular weight is 412 g/mol. The molecule has 0 aliphatic rings. The lowest BCUT2D eigenvalue weighted by molar-refractivity contribution is -0.116. The van der Waals surface area contributed by atoms with E-state index in [1.807, 2.05) is 36.4 Å². The Morgan fingerprint density at radius 2 is 1.55 bits per heavy atom. The summed E-state index contributed by atoms with van der Waals surface area (Å²) in [4.78, 5) is 36.8. The van der Waals surface area contributed by atoms with Gasteiger partial charge in [-0.2, -0.15) is 0 Å². The number of benzene rings is 3. The Labute approximate surface area is 178 Å². The summed E-state index contributed by atoms with van der Waals surface area (Å²) in [6, 6.07) is 25.8. The number of amides is 2. The van der Waals surface area contributed by atoms with Crippen molar-refractivity contribution in [1.29, 1.82) is 0 Å². The van der Waals surface area contributed by atoms with Crippen molar-refractivity contribution < 1.29 is 14.0 Å². The molecule has 0 aliphatic heterocycles. The first-order valence-corrected chi connectivity index (χ1v) is 9.83. The van der Waals surface area contributed by atoms with E-state index in [1.165, 1.54) is 6.07 Å². The fourth-order valence-corrected chi connectivity index (χ4v) is 3.32. The highest BCUT2D eigenvalue weighted by Gasteiger charge is 2.19. The van der Waals surface area contributed by atoms with Crippen LogP contribution in [0.1, 0.15) is 28.4 Å². The van der Waals surface area contributed by atoms with E-state index in [2.05, 4.69) is 10.6 Å². The maximum atomic E-state index is 12.8. The molecule has 2 N–H and O–H groups in total. The molecule has 0 spiro atoms. The SMILES string of the molecule is O=C(CC(NC(=O)c1ccccc1)c1ccccc1)Nc1ccc2oc(=O)ccc2c1. The van der Waals surface area contributed by atoms with Crippen LogP contribution in [0, 0.1) is 0 Å². The zero-order chi connectivity index (χ0) is 21.6. The summed E-state index contributed by atoms with van der Waals surface area (Å²) in [5, 5.41) is 6.51. The standard InChI is InChI=1S/C25H20N2O4/c28-23(26-20-12-13-22-19(15-20)11-14-24(29)31-22)16-21(17-7-3-1-4-8-17)27-25(30)18-9-5-2-6-10-18/h1-15,21H,16H2,(H,26,28)(H,27,30). The van der Waals surface area contributed by atoms with E-state index < -0.39 is 11.7 Å². The van der Waals surface area contributed by atoms with Crippen LogP contribution < -0.4 is 16.3 Å². The van der Waals surface area contributed by atoms with Gasteiger partial charge < -0.3 is 15.1 Å². The van der Waals surface area contributed by atoms with E-state index in [-0.39, 0.29) is 18.2 Å². The predicted molar refractivity (Wildman–Crippen MR) is 119 cm³/mol. The Balaban J connectivity index is 1.51. The molecule has 0 saturated heterocycles. The molecule has 3 aromatic carbocycles. The average Bonchev–Trinajstić information content (AvgIpc) is 2.80. The second-order valence-corrected chi connectivity index (χ2v) is 7.06. The van der Waals surface area contributed by atoms with Crippen molar-refractivity contribution in [3.8, 4) is 0 Å². The molecule has 0 fully saturated rings. The van der Waals surface area contributed by atoms with Crippen molar-refractivity contribution >= 4 is 28.5 Å². The Bertz CT molecular complexity index is 1270. The minimum Gasteiger partial charge on any atom is -0.423 e. The molecule has 0 radical (unpaired) electrons. The molecule has 31 heavy (non-hydrogen) atoms. The van der Waals surface area contributed by atoms with Crippen LogP contribution in [-0.4, -0.2) is 11.8 Å². The lowest BCUT2D eigenvalue weighted by Crippen LogP contribution is -2.31. The highest BCUT2D eigenvalue weighted by atomic mass is 16.4. The van der Waals surface area contributed by atoms with Crippen molar-refractivity contribution in [3.63, 3.8) is 0 Å². The fraction of sp³-hybridized carbons (Fsp3) is 0.0800. The fourth-order valence-electron chi connectivity index (χ4n) is 3.32. The molecular formula is C25H20N2O4. The van der Waals surface area contributed by atoms with Gasteiger partial charge in [0.15, 0.2) is 0 Å². The second-order valence-electron chi connectivity index (χ2n) is 7.06. The van der Waals surface area contributed by atoms with Gasteiger partial charge in [-0.15, -0.1) is 0 Å². The van der Waals surface area contributed by atoms with Gasteiger partial charge in [-0.05, 0) is 42.0 Å². The smallest absolute Gasteiger partial charge is 0.336 e. The molecule has 1 unspecified atom stereocenters. The minimum absolute atomic E-state index is 0.0600. The number of hydrogen-bond acceptors (Lipinski definition) is 4. The quantitative estimate of drug-likeness (QED) is 0.462. The van der Waals surface area contributed by atoms with Gasteiger partial charge in [-0.1, -0.05) is 48.5 Å². The maximum absolute atomic E-state index is 12.8. The van der Waals surface area contributed by atoms with Gasteiger partial charge in [0.1, 0.15) is 5.58 Å². The van der Waals surface area contributed by atoms with Crippen LogP contribution in [0.2, 0.25) is 0 Å². The molecule has 154 valence electrons. The Morgan fingerprint density at radius 1 is 0.839 bits per heavy atom. The third kappa shape index (κ3) is 5.05. The monoisotopic (exact) mass is 412 g/mol. The van der Waals surface area contributed by atoms with E-state index in [4.69, 9.17) is 4.42 Å². The van der Waals surface area contributed by atoms with Crippen LogP contribution in [-0.2, 0) is 4.79 Å². The number of rotatable bonds is 6. The van der Waals surface area contributed by atoms with Gasteiger partial charge in [0.05, 0.1) is 12.5 Å². The first-order chi connectivity index (χ1) is 15.1. The van der Waals surface area contributed by atoms with Crippen molar-refractivity contribution in [2.45, 2.75) is 12.5 Å². The summed E-state index contributed by atoms with van der Waals surface area (Å²) in [5.74, 6) is -0.498. The van der Waals surface area contributed by atoms with Gasteiger partial charge in [0.25, 0.3) is 5.91 Å². The van der Waals surface area contributed by atoms with Gasteiger partial charge in [0, 0.05) is 22.7 Å². The first-order valence-electron chi connectivity index (χ1n) is 9.83. The summed E-state index contributed by atoms with van der Waals surface area (Å²) >= 11 is 0. The lowest BCUT2D eigenvalue weighted by atomic mass is 10.0. The Kier molecular flexibility index (Phi) is 5.89. The summed E-state index contributed by atoms with van der Waals surface area (Å²) in [5.41, 5.74) is 1.96. The minimum atomic E-state index is -0.493. The molecule has 6 nitrogen and oxygen atoms in total. The van der Waals surface area contributed by atoms with E-state index in [1.54, 1.807) is 48.5 Å². The number of anilines is 1. The van der Waals surface area contributed by atoms with Crippen LogP contribution in [0.4, 0.5) is 5.69 Å². The van der Waals surface area contributed by atoms with Gasteiger partial charge >= 0.3 is 5.63 Å². The molecule has 6 heteroatoms. The number of carbonyl (C=O) groups is 2. The maximum Gasteiger partial charge on any atom is 0.336 e. The summed E-state index contributed by atoms with van der Waals surface area (Å²) in [7, 11) is 0. The molecule has 0 bridgehead atoms. The number of fused-ring (bicyclic) bond motifs is 1. The lowest BCUT2D eigenvalue weighted by Gasteiger charge is -2.19. The summed E-state index contributed by atoms with van der Waals surface area (Å²) < 4.78 is 5.11. The third-order valence-corrected chi connectivity index (χ3v) is 4.84. The number of hydrogen-bond donors (Lipinski definition) is 2. The first kappa shape index (κ1) is 20.1. The van der Waals surface area contributed by atoms with Crippen molar-refractivity contribution in [2.75, 3.05) is 5.32 Å². The molecule has 0 aliphatic carbocycles. The molecular weight excluding hydrogens is 392 g/mol. The summed E-state index contributed by atoms with van der Waals surface area (Å²) in [6.07, 6.45) is 0.0600. The topological polar surface area (TPSA) is 88.4 Å². The Morgan fingerprint density at radius 3 is 2.29 bits per heavy atom. The zero-order valence-corrected chi connectivity index (χ0v) is 16.6. The van der Waals surface area contributed by atoms with E-state index in [0.29, 0.717) is 22.2 Å². The molecule has 4 rings (SSSR count). The molecule has 1 aromatic heterocycles. The largest absolute Gasteiger partial charge is 0.423 e. The number of nitrogens with one attached hydrogen (secondary N) is 2. The van der Waals surface area contributed by atoms with Gasteiger partial charge in [0.2, 0.25) is 5.91 Å². The van der Waals surface area contributed by atoms with Gasteiger partial charge in [-0.25, -0.2) is 4.79 Å². The van der Waals surface area contributed by atoms with Crippen LogP contribution in [0.15, 0.2) is 100 Å². The number of carbonyl (C=O) groups excluding carboxylic acids is 2. The molecule has 2 amide bonds. The van der Waals surface area contributed by atoms with Crippen molar-refractivity contribution in [3.05, 3.63) is 113 Å². The van der Waals surface area contributed by atoms with Crippen molar-refractivity contribution in [2.24, 2.45) is 0 Å². The molecule has 0 saturated carbocycles. The molecule has 1 atom stereocenters. The zero-order valence-electron chi connectivity index (χ0n) is 16.6. The van der Waals surface area contributed by atoms with Crippen LogP contribution in [0.3, 0.4) is 0 Å². The Hall–Kier alpha value is -4.19. The third-order valence-electron chi connectivity index (χ3n) is 4.84. The van der Waals surface area contributed by atoms with E-state index >= 15 is 0 Å². The molecule has 1 heterocycles. The van der Waals surface area contributed by atoms with Crippen LogP contribution in [0.5, 0.6) is 0 Å². The predicted octanol–water partition coefficient (Wildman–Crippen LogP) is 4.29. The highest BCUT2D eigenvalue weighted by molar-refractivity contribution is 5.96. The van der Waals surface area contributed by atoms with E-state index in [0.717, 1.165) is 5.56 Å². The van der Waals surface area contributed by atoms with Crippen LogP contribution >= 0.6 is 0 Å². The van der Waals surface area contributed by atoms with Crippen LogP contribution in [0.25, 0.3) is 11.0 Å². The van der Waals surface area contributed by atoms with Crippen molar-refractivity contribution in [1.82, 2.24) is 5.32 Å². The normalized spacial score (nSPS) is 11.6. The second kappa shape index (κ2) is 9.09. The van der Waals surface area contributed by atoms with E-state index in [9.17, 15) is 14.4 Å². The van der Waals surface area contributed by atoms with Gasteiger partial charge in [-0.3, -0.25) is 9.59 Å². The molecule has 4 aromatic rings. The summed E-state index contributed by atoms with van der Waals surface area (Å²) in [6.45, 7) is 0. The highest BCUT2D eigenvalue weighted by Crippen LogP contribution is 2.21.